The van der Waals surface area contributed by atoms with Gasteiger partial charge >= 0.3 is 6.09 Å². The van der Waals surface area contributed by atoms with E-state index in [0.29, 0.717) is 11.3 Å². The summed E-state index contributed by atoms with van der Waals surface area (Å²) in [7, 11) is 0. The number of amides is 1. The first kappa shape index (κ1) is 16.0. The Kier molecular flexibility index (Phi) is 4.74. The van der Waals surface area contributed by atoms with Crippen LogP contribution in [0.5, 0.6) is 0 Å². The van der Waals surface area contributed by atoms with E-state index in [0.717, 1.165) is 0 Å². The zero-order valence-corrected chi connectivity index (χ0v) is 12.4. The summed E-state index contributed by atoms with van der Waals surface area (Å²) in [5, 5.41) is 12.9. The van der Waals surface area contributed by atoms with Crippen molar-refractivity contribution in [2.24, 2.45) is 0 Å². The number of ether oxygens (including phenoxy) is 1. The third-order valence-electron chi connectivity index (χ3n) is 2.35. The van der Waals surface area contributed by atoms with Crippen LogP contribution in [0.2, 0.25) is 0 Å². The van der Waals surface area contributed by atoms with Crippen LogP contribution in [0.3, 0.4) is 0 Å². The van der Waals surface area contributed by atoms with Gasteiger partial charge in [0.2, 0.25) is 0 Å². The van der Waals surface area contributed by atoms with Crippen LogP contribution in [-0.2, 0) is 10.3 Å². The number of pyridine rings is 1. The van der Waals surface area contributed by atoms with Gasteiger partial charge in [-0.15, -0.1) is 5.92 Å². The van der Waals surface area contributed by atoms with E-state index in [2.05, 4.69) is 22.1 Å². The van der Waals surface area contributed by atoms with Crippen molar-refractivity contribution in [2.45, 2.75) is 45.8 Å². The molecule has 0 spiro atoms. The summed E-state index contributed by atoms with van der Waals surface area (Å²) in [5.74, 6) is 5.35. The second-order valence-corrected chi connectivity index (χ2v) is 5.50. The van der Waals surface area contributed by atoms with E-state index in [9.17, 15) is 9.90 Å². The Morgan fingerprint density at radius 1 is 1.40 bits per heavy atom. The van der Waals surface area contributed by atoms with Gasteiger partial charge in [0.15, 0.2) is 0 Å². The highest BCUT2D eigenvalue weighted by Gasteiger charge is 2.25. The second-order valence-electron chi connectivity index (χ2n) is 5.50. The summed E-state index contributed by atoms with van der Waals surface area (Å²) < 4.78 is 5.17. The van der Waals surface area contributed by atoms with Crippen LogP contribution in [0, 0.1) is 11.8 Å². The number of hydrogen-bond donors (Lipinski definition) is 2. The number of rotatable bonds is 2. The maximum absolute atomic E-state index is 11.8. The first-order chi connectivity index (χ1) is 9.15. The quantitative estimate of drug-likeness (QED) is 0.815. The zero-order chi connectivity index (χ0) is 15.4. The third-order valence-corrected chi connectivity index (χ3v) is 2.35. The van der Waals surface area contributed by atoms with Crippen molar-refractivity contribution < 1.29 is 14.6 Å². The predicted molar refractivity (Wildman–Crippen MR) is 77.1 cm³/mol. The molecule has 0 aliphatic heterocycles. The molecule has 0 fully saturated rings. The van der Waals surface area contributed by atoms with E-state index in [1.807, 2.05) is 0 Å². The van der Waals surface area contributed by atoms with Gasteiger partial charge in [-0.05, 0) is 40.7 Å². The molecule has 0 saturated heterocycles. The molecule has 5 nitrogen and oxygen atoms in total. The second kappa shape index (κ2) is 5.93. The highest BCUT2D eigenvalue weighted by molar-refractivity contribution is 5.86. The molecule has 108 valence electrons. The molecule has 0 aromatic carbocycles. The van der Waals surface area contributed by atoms with Gasteiger partial charge in [0.1, 0.15) is 11.2 Å². The minimum atomic E-state index is -1.37. The molecule has 1 rings (SSSR count). The van der Waals surface area contributed by atoms with Crippen LogP contribution in [0.4, 0.5) is 10.5 Å². The number of anilines is 1. The predicted octanol–water partition coefficient (Wildman–Crippen LogP) is 2.66. The fraction of sp³-hybridized carbons (Fsp3) is 0.467. The van der Waals surface area contributed by atoms with Crippen molar-refractivity contribution in [3.05, 3.63) is 24.0 Å². The van der Waals surface area contributed by atoms with Crippen molar-refractivity contribution in [3.63, 3.8) is 0 Å². The molecule has 0 radical (unpaired) electrons. The highest BCUT2D eigenvalue weighted by Crippen LogP contribution is 2.27. The maximum atomic E-state index is 11.8. The van der Waals surface area contributed by atoms with Crippen molar-refractivity contribution >= 4 is 11.8 Å². The molecule has 0 aliphatic carbocycles. The smallest absolute Gasteiger partial charge is 0.412 e. The molecule has 1 amide bonds. The molecule has 0 bridgehead atoms. The van der Waals surface area contributed by atoms with Gasteiger partial charge in [0, 0.05) is 11.8 Å². The minimum absolute atomic E-state index is 0.370. The average Bonchev–Trinajstić information content (AvgIpc) is 2.26. The largest absolute Gasteiger partial charge is 0.444 e. The van der Waals surface area contributed by atoms with Crippen LogP contribution < -0.4 is 5.32 Å². The summed E-state index contributed by atoms with van der Waals surface area (Å²) in [6, 6.07) is 1.61. The molecule has 0 saturated carbocycles. The SMILES string of the molecule is CC#CC(C)(O)c1ccncc1NC(=O)OC(C)(C)C. The van der Waals surface area contributed by atoms with Crippen LogP contribution in [-0.4, -0.2) is 21.8 Å². The van der Waals surface area contributed by atoms with E-state index in [-0.39, 0.29) is 0 Å². The Labute approximate surface area is 119 Å². The van der Waals surface area contributed by atoms with Gasteiger partial charge < -0.3 is 9.84 Å². The van der Waals surface area contributed by atoms with Gasteiger partial charge in [-0.2, -0.15) is 0 Å². The first-order valence-electron chi connectivity index (χ1n) is 6.26. The van der Waals surface area contributed by atoms with Gasteiger partial charge in [-0.3, -0.25) is 10.3 Å². The average molecular weight is 276 g/mol. The first-order valence-corrected chi connectivity index (χ1v) is 6.26. The van der Waals surface area contributed by atoms with Crippen LogP contribution in [0.25, 0.3) is 0 Å². The molecule has 2 N–H and O–H groups in total. The normalized spacial score (nSPS) is 13.7. The van der Waals surface area contributed by atoms with Crippen LogP contribution in [0.15, 0.2) is 18.5 Å². The standard InChI is InChI=1S/C15H20N2O3/c1-6-8-15(5,19)11-7-9-16-10-12(11)17-13(18)20-14(2,3)4/h7,9-10,19H,1-5H3,(H,17,18). The molecular weight excluding hydrogens is 256 g/mol. The molecule has 1 unspecified atom stereocenters. The lowest BCUT2D eigenvalue weighted by molar-refractivity contribution is 0.0635. The Balaban J connectivity index is 3.02. The summed E-state index contributed by atoms with van der Waals surface area (Å²) in [6.07, 6.45) is 2.37. The van der Waals surface area contributed by atoms with Gasteiger partial charge in [-0.1, -0.05) is 5.92 Å². The number of aliphatic hydroxyl groups is 1. The Bertz CT molecular complexity index is 548. The zero-order valence-electron chi connectivity index (χ0n) is 12.4. The molecule has 0 aliphatic rings. The number of nitrogens with one attached hydrogen (secondary N) is 1. The Hall–Kier alpha value is -2.06. The van der Waals surface area contributed by atoms with E-state index < -0.39 is 17.3 Å². The van der Waals surface area contributed by atoms with Crippen molar-refractivity contribution in [3.8, 4) is 11.8 Å². The number of carbonyl (C=O) groups is 1. The number of carbonyl (C=O) groups excluding carboxylic acids is 1. The van der Waals surface area contributed by atoms with E-state index in [4.69, 9.17) is 4.74 Å². The summed E-state index contributed by atoms with van der Waals surface area (Å²) in [4.78, 5) is 15.7. The Morgan fingerprint density at radius 3 is 2.60 bits per heavy atom. The van der Waals surface area contributed by atoms with Gasteiger partial charge in [0.25, 0.3) is 0 Å². The third kappa shape index (κ3) is 4.56. The van der Waals surface area contributed by atoms with E-state index >= 15 is 0 Å². The fourth-order valence-corrected chi connectivity index (χ4v) is 1.64. The molecule has 1 atom stereocenters. The monoisotopic (exact) mass is 276 g/mol. The molecular formula is C15H20N2O3. The topological polar surface area (TPSA) is 71.5 Å². The number of aromatic nitrogens is 1. The van der Waals surface area contributed by atoms with Gasteiger partial charge in [0.05, 0.1) is 11.9 Å². The molecule has 5 heteroatoms. The van der Waals surface area contributed by atoms with Crippen molar-refractivity contribution in [1.82, 2.24) is 4.98 Å². The summed E-state index contributed by atoms with van der Waals surface area (Å²) >= 11 is 0. The fourth-order valence-electron chi connectivity index (χ4n) is 1.64. The molecule has 20 heavy (non-hydrogen) atoms. The lowest BCUT2D eigenvalue weighted by Crippen LogP contribution is -2.29. The van der Waals surface area contributed by atoms with E-state index in [1.165, 1.54) is 12.4 Å². The Morgan fingerprint density at radius 2 is 2.05 bits per heavy atom. The lowest BCUT2D eigenvalue weighted by Gasteiger charge is -2.23. The maximum Gasteiger partial charge on any atom is 0.412 e. The lowest BCUT2D eigenvalue weighted by atomic mass is 9.96. The summed E-state index contributed by atoms with van der Waals surface area (Å²) in [6.45, 7) is 8.51. The molecule has 1 heterocycles. The number of hydrogen-bond acceptors (Lipinski definition) is 4. The number of nitrogens with zero attached hydrogens (tertiary/aromatic N) is 1. The van der Waals surface area contributed by atoms with Crippen molar-refractivity contribution in [2.75, 3.05) is 5.32 Å². The highest BCUT2D eigenvalue weighted by atomic mass is 16.6. The van der Waals surface area contributed by atoms with Crippen molar-refractivity contribution in [1.29, 1.82) is 0 Å². The van der Waals surface area contributed by atoms with Crippen LogP contribution in [0.1, 0.15) is 40.2 Å². The molecule has 1 aromatic heterocycles. The van der Waals surface area contributed by atoms with Gasteiger partial charge in [-0.25, -0.2) is 4.79 Å². The van der Waals surface area contributed by atoms with E-state index in [1.54, 1.807) is 40.7 Å². The summed E-state index contributed by atoms with van der Waals surface area (Å²) in [5.41, 5.74) is -1.14. The minimum Gasteiger partial charge on any atom is -0.444 e. The molecule has 1 aromatic rings. The van der Waals surface area contributed by atoms with Crippen LogP contribution >= 0.6 is 0 Å².